The van der Waals surface area contributed by atoms with E-state index in [4.69, 9.17) is 4.74 Å². The summed E-state index contributed by atoms with van der Waals surface area (Å²) in [7, 11) is 0. The van der Waals surface area contributed by atoms with Gasteiger partial charge in [0, 0.05) is 12.3 Å². The van der Waals surface area contributed by atoms with E-state index in [1.165, 1.54) is 23.9 Å². The Balaban J connectivity index is 1.51. The van der Waals surface area contributed by atoms with E-state index < -0.39 is 5.82 Å². The summed E-state index contributed by atoms with van der Waals surface area (Å²) in [6.07, 6.45) is 2.05. The van der Waals surface area contributed by atoms with E-state index >= 15 is 0 Å². The van der Waals surface area contributed by atoms with Gasteiger partial charge in [0.05, 0.1) is 29.7 Å². The van der Waals surface area contributed by atoms with Crippen LogP contribution < -0.4 is 5.32 Å². The molecule has 0 radical (unpaired) electrons. The van der Waals surface area contributed by atoms with Gasteiger partial charge in [0.25, 0.3) is 0 Å². The number of carbonyl (C=O) groups is 1. The van der Waals surface area contributed by atoms with Crippen LogP contribution in [0.2, 0.25) is 0 Å². The average Bonchev–Trinajstić information content (AvgIpc) is 3.49. The minimum atomic E-state index is -0.405. The van der Waals surface area contributed by atoms with Crippen LogP contribution in [-0.2, 0) is 16.1 Å². The first-order valence-electron chi connectivity index (χ1n) is 10.2. The maximum Gasteiger partial charge on any atom is 0.236 e. The largest absolute Gasteiger partial charge is 0.376 e. The van der Waals surface area contributed by atoms with E-state index in [2.05, 4.69) is 26.9 Å². The Morgan fingerprint density at radius 1 is 1.44 bits per heavy atom. The van der Waals surface area contributed by atoms with E-state index in [0.717, 1.165) is 30.7 Å². The SMILES string of the molecule is Cc1c(C#N)c(NC(=O)CSc2nnnn2C[C@@H]2CCCO2)n(-c2cccc(F)c2)c1C. The fourth-order valence-electron chi connectivity index (χ4n) is 3.69. The van der Waals surface area contributed by atoms with E-state index in [-0.39, 0.29) is 17.8 Å². The van der Waals surface area contributed by atoms with Crippen LogP contribution in [0.5, 0.6) is 0 Å². The van der Waals surface area contributed by atoms with Gasteiger partial charge in [-0.3, -0.25) is 9.36 Å². The molecule has 1 aliphatic heterocycles. The Bertz CT molecular complexity index is 1180. The molecule has 1 aliphatic rings. The summed E-state index contributed by atoms with van der Waals surface area (Å²) in [4.78, 5) is 12.8. The zero-order valence-corrected chi connectivity index (χ0v) is 18.5. The van der Waals surface area contributed by atoms with E-state index in [1.54, 1.807) is 28.3 Å². The molecule has 1 atom stereocenters. The van der Waals surface area contributed by atoms with E-state index in [0.29, 0.717) is 28.8 Å². The number of hydrogen-bond donors (Lipinski definition) is 1. The first-order valence-corrected chi connectivity index (χ1v) is 11.1. The summed E-state index contributed by atoms with van der Waals surface area (Å²) in [5.41, 5.74) is 2.33. The molecular formula is C21H22FN7O2S. The number of aromatic nitrogens is 5. The van der Waals surface area contributed by atoms with Crippen molar-refractivity contribution in [1.29, 1.82) is 5.26 Å². The maximum atomic E-state index is 13.8. The third kappa shape index (κ3) is 4.51. The van der Waals surface area contributed by atoms with Crippen molar-refractivity contribution in [3.63, 3.8) is 0 Å². The van der Waals surface area contributed by atoms with Gasteiger partial charge in [-0.15, -0.1) is 5.10 Å². The molecule has 0 bridgehead atoms. The number of nitrogens with zero attached hydrogens (tertiary/aromatic N) is 6. The van der Waals surface area contributed by atoms with Crippen molar-refractivity contribution in [2.24, 2.45) is 0 Å². The molecule has 11 heteroatoms. The highest BCUT2D eigenvalue weighted by molar-refractivity contribution is 7.99. The lowest BCUT2D eigenvalue weighted by Crippen LogP contribution is -2.19. The van der Waals surface area contributed by atoms with Crippen LogP contribution in [-0.4, -0.2) is 49.1 Å². The molecule has 3 aromatic rings. The Morgan fingerprint density at radius 3 is 3.00 bits per heavy atom. The number of tetrazole rings is 1. The normalized spacial score (nSPS) is 15.6. The maximum absolute atomic E-state index is 13.8. The first-order chi connectivity index (χ1) is 15.5. The number of nitrogens with one attached hydrogen (secondary N) is 1. The zero-order chi connectivity index (χ0) is 22.7. The number of anilines is 1. The van der Waals surface area contributed by atoms with Gasteiger partial charge in [-0.1, -0.05) is 17.8 Å². The molecule has 2 aromatic heterocycles. The number of rotatable bonds is 7. The number of nitriles is 1. The highest BCUT2D eigenvalue weighted by atomic mass is 32.2. The van der Waals surface area contributed by atoms with E-state index in [1.807, 2.05) is 6.92 Å². The highest BCUT2D eigenvalue weighted by Gasteiger charge is 2.22. The summed E-state index contributed by atoms with van der Waals surface area (Å²) in [6, 6.07) is 8.16. The van der Waals surface area contributed by atoms with Gasteiger partial charge in [-0.05, 0) is 60.9 Å². The van der Waals surface area contributed by atoms with Gasteiger partial charge in [-0.25, -0.2) is 9.07 Å². The minimum Gasteiger partial charge on any atom is -0.376 e. The van der Waals surface area contributed by atoms with Crippen LogP contribution >= 0.6 is 11.8 Å². The number of thioether (sulfide) groups is 1. The second kappa shape index (κ2) is 9.50. The molecule has 1 aromatic carbocycles. The van der Waals surface area contributed by atoms with Crippen molar-refractivity contribution in [2.45, 2.75) is 44.5 Å². The molecule has 1 N–H and O–H groups in total. The Kier molecular flexibility index (Phi) is 6.53. The second-order valence-electron chi connectivity index (χ2n) is 7.48. The first kappa shape index (κ1) is 22.0. The van der Waals surface area contributed by atoms with Gasteiger partial charge in [0.15, 0.2) is 0 Å². The summed E-state index contributed by atoms with van der Waals surface area (Å²) < 4.78 is 22.8. The predicted molar refractivity (Wildman–Crippen MR) is 116 cm³/mol. The van der Waals surface area contributed by atoms with Crippen LogP contribution in [0.15, 0.2) is 29.4 Å². The molecule has 1 fully saturated rings. The molecule has 0 spiro atoms. The summed E-state index contributed by atoms with van der Waals surface area (Å²) in [5.74, 6) is -0.368. The molecule has 0 saturated carbocycles. The second-order valence-corrected chi connectivity index (χ2v) is 8.42. The minimum absolute atomic E-state index is 0.0448. The highest BCUT2D eigenvalue weighted by Crippen LogP contribution is 2.30. The average molecular weight is 456 g/mol. The van der Waals surface area contributed by atoms with E-state index in [9.17, 15) is 14.4 Å². The summed E-state index contributed by atoms with van der Waals surface area (Å²) in [5, 5.41) is 24.7. The van der Waals surface area contributed by atoms with Gasteiger partial charge in [-0.2, -0.15) is 5.26 Å². The predicted octanol–water partition coefficient (Wildman–Crippen LogP) is 3.00. The number of carbonyl (C=O) groups excluding carboxylic acids is 1. The van der Waals surface area contributed by atoms with Crippen molar-refractivity contribution in [2.75, 3.05) is 17.7 Å². The molecule has 1 amide bonds. The van der Waals surface area contributed by atoms with Crippen LogP contribution in [0, 0.1) is 31.0 Å². The third-order valence-electron chi connectivity index (χ3n) is 5.38. The fourth-order valence-corrected chi connectivity index (χ4v) is 4.38. The number of benzene rings is 1. The lowest BCUT2D eigenvalue weighted by atomic mass is 10.2. The topological polar surface area (TPSA) is 111 Å². The number of halogens is 1. The number of hydrogen-bond acceptors (Lipinski definition) is 7. The lowest BCUT2D eigenvalue weighted by molar-refractivity contribution is -0.113. The monoisotopic (exact) mass is 455 g/mol. The Labute approximate surface area is 188 Å². The number of ether oxygens (including phenoxy) is 1. The summed E-state index contributed by atoms with van der Waals surface area (Å²) >= 11 is 1.20. The Morgan fingerprint density at radius 2 is 2.28 bits per heavy atom. The molecule has 0 unspecified atom stereocenters. The van der Waals surface area contributed by atoms with Crippen LogP contribution in [0.4, 0.5) is 10.2 Å². The van der Waals surface area contributed by atoms with Crippen LogP contribution in [0.3, 0.4) is 0 Å². The van der Waals surface area contributed by atoms with Gasteiger partial charge >= 0.3 is 0 Å². The Hall–Kier alpha value is -3.23. The van der Waals surface area contributed by atoms with Crippen molar-refractivity contribution in [3.05, 3.63) is 46.9 Å². The molecule has 166 valence electrons. The summed E-state index contributed by atoms with van der Waals surface area (Å²) in [6.45, 7) is 4.90. The smallest absolute Gasteiger partial charge is 0.236 e. The van der Waals surface area contributed by atoms with Crippen molar-refractivity contribution >= 4 is 23.5 Å². The third-order valence-corrected chi connectivity index (χ3v) is 6.34. The van der Waals surface area contributed by atoms with Gasteiger partial charge < -0.3 is 10.1 Å². The fraction of sp³-hybridized carbons (Fsp3) is 0.381. The molecule has 32 heavy (non-hydrogen) atoms. The lowest BCUT2D eigenvalue weighted by Gasteiger charge is -2.13. The molecular weight excluding hydrogens is 433 g/mol. The van der Waals surface area contributed by atoms with Crippen LogP contribution in [0.25, 0.3) is 5.69 Å². The zero-order valence-electron chi connectivity index (χ0n) is 17.7. The van der Waals surface area contributed by atoms with Crippen molar-refractivity contribution in [1.82, 2.24) is 24.8 Å². The molecule has 1 saturated heterocycles. The van der Waals surface area contributed by atoms with Gasteiger partial charge in [0.1, 0.15) is 17.7 Å². The van der Waals surface area contributed by atoms with Crippen molar-refractivity contribution in [3.8, 4) is 11.8 Å². The molecule has 0 aliphatic carbocycles. The standard InChI is InChI=1S/C21H22FN7O2S/c1-13-14(2)29(16-6-3-5-15(22)9-16)20(18(13)10-23)24-19(30)12-32-21-25-26-27-28(21)11-17-7-4-8-31-17/h3,5-6,9,17H,4,7-8,11-12H2,1-2H3,(H,24,30)/t17-/m0/s1. The van der Waals surface area contributed by atoms with Crippen molar-refractivity contribution < 1.29 is 13.9 Å². The van der Waals surface area contributed by atoms with Gasteiger partial charge in [0.2, 0.25) is 11.1 Å². The number of amides is 1. The molecule has 3 heterocycles. The molecule has 4 rings (SSSR count). The van der Waals surface area contributed by atoms with Crippen LogP contribution in [0.1, 0.15) is 29.7 Å². The quantitative estimate of drug-likeness (QED) is 0.545. The molecule has 9 nitrogen and oxygen atoms in total.